The molecule has 0 spiro atoms. The zero-order valence-corrected chi connectivity index (χ0v) is 20.6. The molecule has 35 heavy (non-hydrogen) atoms. The number of sulfone groups is 1. The van der Waals surface area contributed by atoms with Crippen molar-refractivity contribution >= 4 is 21.4 Å². The normalized spacial score (nSPS) is 26.9. The summed E-state index contributed by atoms with van der Waals surface area (Å²) in [5.41, 5.74) is -1.55. The number of carbonyl (C=O) groups excluding carboxylic acids is 1. The van der Waals surface area contributed by atoms with E-state index in [-0.39, 0.29) is 12.8 Å². The van der Waals surface area contributed by atoms with Gasteiger partial charge < -0.3 is 19.9 Å². The predicted octanol–water partition coefficient (Wildman–Crippen LogP) is 2.31. The molecule has 3 fully saturated rings. The van der Waals surface area contributed by atoms with Crippen LogP contribution in [0.4, 0.5) is 18.9 Å². The maximum Gasteiger partial charge on any atom is 0.417 e. The number of anilines is 1. The number of carbonyl (C=O) groups is 1. The van der Waals surface area contributed by atoms with E-state index in [1.165, 1.54) is 13.2 Å². The van der Waals surface area contributed by atoms with Gasteiger partial charge in [0.2, 0.25) is 5.91 Å². The van der Waals surface area contributed by atoms with Gasteiger partial charge >= 0.3 is 6.18 Å². The number of methoxy groups -OCH3 is 1. The van der Waals surface area contributed by atoms with Gasteiger partial charge in [0.15, 0.2) is 9.84 Å². The average Bonchev–Trinajstić information content (AvgIpc) is 3.44. The lowest BCUT2D eigenvalue weighted by molar-refractivity contribution is -0.139. The first kappa shape index (κ1) is 25.8. The van der Waals surface area contributed by atoms with Crippen LogP contribution in [0.15, 0.2) is 23.1 Å². The van der Waals surface area contributed by atoms with Crippen LogP contribution >= 0.6 is 0 Å². The maximum atomic E-state index is 14.1. The van der Waals surface area contributed by atoms with Crippen molar-refractivity contribution in [2.75, 3.05) is 45.2 Å². The van der Waals surface area contributed by atoms with Crippen LogP contribution in [0.5, 0.6) is 0 Å². The number of terminal acetylenes is 1. The number of ether oxygens (including phenoxy) is 1. The summed E-state index contributed by atoms with van der Waals surface area (Å²) in [5.74, 6) is 1.30. The Morgan fingerprint density at radius 2 is 1.86 bits per heavy atom. The molecule has 1 heterocycles. The molecule has 0 aromatic heterocycles. The van der Waals surface area contributed by atoms with Crippen LogP contribution in [0, 0.1) is 18.3 Å². The van der Waals surface area contributed by atoms with Gasteiger partial charge in [-0.05, 0) is 50.9 Å². The van der Waals surface area contributed by atoms with Crippen molar-refractivity contribution in [1.82, 2.24) is 10.2 Å². The Labute approximate surface area is 203 Å². The molecule has 11 heteroatoms. The summed E-state index contributed by atoms with van der Waals surface area (Å²) < 4.78 is 74.5. The Morgan fingerprint density at radius 1 is 1.20 bits per heavy atom. The van der Waals surface area contributed by atoms with Crippen LogP contribution in [0.2, 0.25) is 0 Å². The minimum atomic E-state index is -4.85. The number of alkyl halides is 3. The molecule has 1 aromatic carbocycles. The monoisotopic (exact) mass is 513 g/mol. The summed E-state index contributed by atoms with van der Waals surface area (Å²) in [4.78, 5) is 16.0. The summed E-state index contributed by atoms with van der Waals surface area (Å²) in [7, 11) is -1.10. The lowest BCUT2D eigenvalue weighted by atomic mass is 10.0. The summed E-state index contributed by atoms with van der Waals surface area (Å²) in [6, 6.07) is 3.41. The fraction of sp³-hybridized carbons (Fsp3) is 0.625. The highest BCUT2D eigenvalue weighted by atomic mass is 32.2. The number of nitrogens with zero attached hydrogens (tertiary/aromatic N) is 2. The van der Waals surface area contributed by atoms with Gasteiger partial charge in [0.05, 0.1) is 27.7 Å². The van der Waals surface area contributed by atoms with Crippen molar-refractivity contribution in [2.45, 2.75) is 53.6 Å². The summed E-state index contributed by atoms with van der Waals surface area (Å²) in [5, 5.41) is 1.60. The second-order valence-corrected chi connectivity index (χ2v) is 11.9. The van der Waals surface area contributed by atoms with Gasteiger partial charge in [-0.1, -0.05) is 5.92 Å². The summed E-state index contributed by atoms with van der Waals surface area (Å²) in [6.07, 6.45) is 0.956. The van der Waals surface area contributed by atoms with Gasteiger partial charge in [0.25, 0.3) is 0 Å². The van der Waals surface area contributed by atoms with Crippen molar-refractivity contribution in [3.05, 3.63) is 23.8 Å². The highest BCUT2D eigenvalue weighted by Crippen LogP contribution is 2.43. The third-order valence-corrected chi connectivity index (χ3v) is 9.60. The molecule has 2 saturated carbocycles. The Bertz CT molecular complexity index is 1120. The molecule has 0 radical (unpaired) electrons. The molecule has 3 aliphatic rings. The number of piperazine rings is 1. The van der Waals surface area contributed by atoms with Crippen molar-refractivity contribution < 1.29 is 31.1 Å². The Hall–Kier alpha value is -2.29. The third kappa shape index (κ3) is 5.15. The summed E-state index contributed by atoms with van der Waals surface area (Å²) in [6.45, 7) is 2.50. The van der Waals surface area contributed by atoms with Gasteiger partial charge in [0, 0.05) is 39.0 Å². The van der Waals surface area contributed by atoms with Crippen LogP contribution in [0.25, 0.3) is 0 Å². The van der Waals surface area contributed by atoms with Gasteiger partial charge in [0.1, 0.15) is 5.54 Å². The molecule has 7 nitrogen and oxygen atoms in total. The van der Waals surface area contributed by atoms with E-state index in [1.54, 1.807) is 0 Å². The molecular formula is C24H30F3N3O4S. The largest absolute Gasteiger partial charge is 0.417 e. The Morgan fingerprint density at radius 3 is 2.40 bits per heavy atom. The molecule has 1 aromatic rings. The SMILES string of the molecule is C#CC1(NC(=O)[C@H]2C[C@H](S(=O)(=O)c3ccc(N4CCN(C)CC4)cc3C(F)(F)F)C[C@@H]2OC)CC1. The first-order chi connectivity index (χ1) is 16.4. The zero-order chi connectivity index (χ0) is 25.6. The molecule has 1 aliphatic heterocycles. The number of likely N-dealkylation sites (N-methyl/N-ethyl adjacent to an activating group) is 1. The second kappa shape index (κ2) is 9.30. The maximum absolute atomic E-state index is 14.1. The molecule has 1 amide bonds. The standard InChI is InChI=1S/C24H30F3N3O4S/c1-4-23(7-8-23)28-22(31)18-14-17(15-20(18)34-3)35(32,33)21-6-5-16(13-19(21)24(25,26)27)30-11-9-29(2)10-12-30/h1,5-6,13,17-18,20H,7-12,14-15H2,2-3H3,(H,28,31)/t17-,18-,20-/m0/s1. The quantitative estimate of drug-likeness (QED) is 0.589. The topological polar surface area (TPSA) is 79.0 Å². The Kier molecular flexibility index (Phi) is 6.85. The molecule has 4 rings (SSSR count). The van der Waals surface area contributed by atoms with Crippen LogP contribution in [0.3, 0.4) is 0 Å². The highest BCUT2D eigenvalue weighted by Gasteiger charge is 2.50. The van der Waals surface area contributed by atoms with Gasteiger partial charge in [-0.3, -0.25) is 4.79 Å². The number of hydrogen-bond donors (Lipinski definition) is 1. The predicted molar refractivity (Wildman–Crippen MR) is 125 cm³/mol. The molecule has 3 atom stereocenters. The van der Waals surface area contributed by atoms with E-state index in [9.17, 15) is 26.4 Å². The van der Waals surface area contributed by atoms with E-state index < -0.39 is 55.2 Å². The fourth-order valence-electron chi connectivity index (χ4n) is 4.93. The zero-order valence-electron chi connectivity index (χ0n) is 19.8. The molecule has 0 unspecified atom stereocenters. The van der Waals surface area contributed by atoms with Crippen LogP contribution < -0.4 is 10.2 Å². The number of rotatable bonds is 6. The van der Waals surface area contributed by atoms with E-state index in [2.05, 4.69) is 16.1 Å². The van der Waals surface area contributed by atoms with Crippen molar-refractivity contribution in [2.24, 2.45) is 5.92 Å². The first-order valence-corrected chi connectivity index (χ1v) is 13.2. The molecule has 0 bridgehead atoms. The van der Waals surface area contributed by atoms with Crippen LogP contribution in [0.1, 0.15) is 31.2 Å². The molecule has 1 saturated heterocycles. The molecular weight excluding hydrogens is 483 g/mol. The lowest BCUT2D eigenvalue weighted by Crippen LogP contribution is -2.44. The number of nitrogens with one attached hydrogen (secondary N) is 1. The van der Waals surface area contributed by atoms with Crippen molar-refractivity contribution in [3.63, 3.8) is 0 Å². The van der Waals surface area contributed by atoms with E-state index in [0.29, 0.717) is 44.7 Å². The first-order valence-electron chi connectivity index (χ1n) is 11.6. The minimum absolute atomic E-state index is 0.0719. The van der Waals surface area contributed by atoms with E-state index in [0.717, 1.165) is 12.1 Å². The van der Waals surface area contributed by atoms with Crippen LogP contribution in [-0.2, 0) is 25.5 Å². The number of amides is 1. The van der Waals surface area contributed by atoms with Crippen LogP contribution in [-0.4, -0.2) is 76.5 Å². The average molecular weight is 514 g/mol. The Balaban J connectivity index is 1.61. The third-order valence-electron chi connectivity index (χ3n) is 7.37. The minimum Gasteiger partial charge on any atom is -0.381 e. The van der Waals surface area contributed by atoms with Crippen molar-refractivity contribution in [3.8, 4) is 12.3 Å². The van der Waals surface area contributed by atoms with E-state index in [1.807, 2.05) is 11.9 Å². The molecule has 2 aliphatic carbocycles. The fourth-order valence-corrected chi connectivity index (χ4v) is 6.93. The highest BCUT2D eigenvalue weighted by molar-refractivity contribution is 7.92. The number of benzene rings is 1. The lowest BCUT2D eigenvalue weighted by Gasteiger charge is -2.34. The van der Waals surface area contributed by atoms with Gasteiger partial charge in [-0.25, -0.2) is 8.42 Å². The van der Waals surface area contributed by atoms with E-state index >= 15 is 0 Å². The van der Waals surface area contributed by atoms with E-state index in [4.69, 9.17) is 11.2 Å². The number of hydrogen-bond acceptors (Lipinski definition) is 6. The van der Waals surface area contributed by atoms with Crippen molar-refractivity contribution in [1.29, 1.82) is 0 Å². The smallest absolute Gasteiger partial charge is 0.381 e. The number of halogens is 3. The molecule has 1 N–H and O–H groups in total. The molecule has 192 valence electrons. The van der Waals surface area contributed by atoms with Gasteiger partial charge in [-0.15, -0.1) is 6.42 Å². The second-order valence-electron chi connectivity index (χ2n) is 9.70. The summed E-state index contributed by atoms with van der Waals surface area (Å²) >= 11 is 0. The van der Waals surface area contributed by atoms with Gasteiger partial charge in [-0.2, -0.15) is 13.2 Å².